The quantitative estimate of drug-likeness (QED) is 0.793. The summed E-state index contributed by atoms with van der Waals surface area (Å²) in [6.45, 7) is 2.58. The Kier molecular flexibility index (Phi) is 4.43. The molecule has 128 valence electrons. The summed E-state index contributed by atoms with van der Waals surface area (Å²) in [6, 6.07) is 9.62. The molecule has 3 aromatic rings. The maximum Gasteiger partial charge on any atom is 0.228 e. The molecule has 0 saturated carbocycles. The third-order valence-corrected chi connectivity index (χ3v) is 4.68. The maximum atomic E-state index is 12.6. The molecule has 3 aromatic heterocycles. The van der Waals surface area contributed by atoms with Gasteiger partial charge in [-0.3, -0.25) is 14.7 Å². The van der Waals surface area contributed by atoms with Crippen LogP contribution in [0.15, 0.2) is 53.4 Å². The first-order chi connectivity index (χ1) is 12.3. The van der Waals surface area contributed by atoms with Crippen LogP contribution < -0.4 is 5.32 Å². The van der Waals surface area contributed by atoms with E-state index in [2.05, 4.69) is 20.2 Å². The van der Waals surface area contributed by atoms with Crippen molar-refractivity contribution in [1.82, 2.24) is 14.9 Å². The van der Waals surface area contributed by atoms with Crippen LogP contribution in [-0.4, -0.2) is 33.9 Å². The number of aromatic nitrogens is 2. The minimum atomic E-state index is 0.00798. The van der Waals surface area contributed by atoms with Crippen molar-refractivity contribution < 1.29 is 9.21 Å². The second kappa shape index (κ2) is 7.03. The normalized spacial score (nSPS) is 16.2. The molecule has 1 saturated heterocycles. The van der Waals surface area contributed by atoms with Crippen LogP contribution in [0.25, 0.3) is 10.9 Å². The number of anilines is 1. The second-order valence-corrected chi connectivity index (χ2v) is 6.35. The summed E-state index contributed by atoms with van der Waals surface area (Å²) in [5, 5.41) is 3.94. The highest BCUT2D eigenvalue weighted by molar-refractivity contribution is 5.99. The van der Waals surface area contributed by atoms with Gasteiger partial charge in [0, 0.05) is 23.7 Å². The first-order valence-corrected chi connectivity index (χ1v) is 8.55. The van der Waals surface area contributed by atoms with Gasteiger partial charge in [0.1, 0.15) is 11.3 Å². The summed E-state index contributed by atoms with van der Waals surface area (Å²) in [6.07, 6.45) is 6.79. The predicted octanol–water partition coefficient (Wildman–Crippen LogP) is 3.07. The molecule has 6 heteroatoms. The topological polar surface area (TPSA) is 71.3 Å². The molecule has 0 aliphatic carbocycles. The van der Waals surface area contributed by atoms with Gasteiger partial charge in [0.25, 0.3) is 0 Å². The van der Waals surface area contributed by atoms with Gasteiger partial charge < -0.3 is 9.73 Å². The summed E-state index contributed by atoms with van der Waals surface area (Å²) in [4.78, 5) is 23.6. The van der Waals surface area contributed by atoms with E-state index in [1.165, 1.54) is 0 Å². The van der Waals surface area contributed by atoms with E-state index in [4.69, 9.17) is 4.42 Å². The number of carbonyl (C=O) groups excluding carboxylic acids is 1. The third-order valence-electron chi connectivity index (χ3n) is 4.68. The lowest BCUT2D eigenvalue weighted by Gasteiger charge is -2.30. The van der Waals surface area contributed by atoms with E-state index in [1.54, 1.807) is 18.7 Å². The standard InChI is InChI=1S/C19H20N4O2/c24-19(22-18-17-14(5-9-21-18)3-1-8-20-17)15-6-10-23(11-7-15)13-16-4-2-12-25-16/h1-5,8-9,12,15H,6-7,10-11,13H2,(H,21,22,24). The smallest absolute Gasteiger partial charge is 0.228 e. The molecule has 25 heavy (non-hydrogen) atoms. The van der Waals surface area contributed by atoms with Crippen LogP contribution in [0.4, 0.5) is 5.82 Å². The molecule has 0 spiro atoms. The van der Waals surface area contributed by atoms with Crippen LogP contribution in [0, 0.1) is 5.92 Å². The van der Waals surface area contributed by atoms with Crippen molar-refractivity contribution >= 4 is 22.6 Å². The van der Waals surface area contributed by atoms with Crippen molar-refractivity contribution in [2.75, 3.05) is 18.4 Å². The molecule has 1 amide bonds. The van der Waals surface area contributed by atoms with Crippen molar-refractivity contribution in [1.29, 1.82) is 0 Å². The van der Waals surface area contributed by atoms with Gasteiger partial charge in [-0.2, -0.15) is 0 Å². The number of furan rings is 1. The third kappa shape index (κ3) is 3.53. The fraction of sp³-hybridized carbons (Fsp3) is 0.316. The Morgan fingerprint density at radius 3 is 2.84 bits per heavy atom. The number of pyridine rings is 2. The number of carbonyl (C=O) groups is 1. The van der Waals surface area contributed by atoms with E-state index < -0.39 is 0 Å². The van der Waals surface area contributed by atoms with Gasteiger partial charge in [-0.1, -0.05) is 6.07 Å². The largest absolute Gasteiger partial charge is 0.468 e. The molecule has 1 fully saturated rings. The number of likely N-dealkylation sites (tertiary alicyclic amines) is 1. The Morgan fingerprint density at radius 2 is 2.04 bits per heavy atom. The highest BCUT2D eigenvalue weighted by Gasteiger charge is 2.26. The van der Waals surface area contributed by atoms with E-state index in [0.29, 0.717) is 5.82 Å². The van der Waals surface area contributed by atoms with Crippen molar-refractivity contribution in [3.05, 3.63) is 54.7 Å². The molecule has 6 nitrogen and oxygen atoms in total. The van der Waals surface area contributed by atoms with Gasteiger partial charge in [0.2, 0.25) is 5.91 Å². The van der Waals surface area contributed by atoms with Gasteiger partial charge in [0.05, 0.1) is 12.8 Å². The van der Waals surface area contributed by atoms with Crippen LogP contribution in [0.2, 0.25) is 0 Å². The fourth-order valence-electron chi connectivity index (χ4n) is 3.29. The summed E-state index contributed by atoms with van der Waals surface area (Å²) in [7, 11) is 0. The monoisotopic (exact) mass is 336 g/mol. The Hall–Kier alpha value is -2.73. The van der Waals surface area contributed by atoms with Crippen molar-refractivity contribution in [3.63, 3.8) is 0 Å². The number of hydrogen-bond donors (Lipinski definition) is 1. The Labute approximate surface area is 145 Å². The molecule has 1 aliphatic heterocycles. The highest BCUT2D eigenvalue weighted by Crippen LogP contribution is 2.23. The zero-order valence-corrected chi connectivity index (χ0v) is 13.9. The Balaban J connectivity index is 1.37. The van der Waals surface area contributed by atoms with Crippen LogP contribution >= 0.6 is 0 Å². The molecule has 0 aromatic carbocycles. The van der Waals surface area contributed by atoms with E-state index >= 15 is 0 Å². The molecule has 0 atom stereocenters. The van der Waals surface area contributed by atoms with Crippen molar-refractivity contribution in [3.8, 4) is 0 Å². The molecule has 1 N–H and O–H groups in total. The number of rotatable bonds is 4. The summed E-state index contributed by atoms with van der Waals surface area (Å²) >= 11 is 0. The van der Waals surface area contributed by atoms with Crippen LogP contribution in [-0.2, 0) is 11.3 Å². The number of amides is 1. The summed E-state index contributed by atoms with van der Waals surface area (Å²) < 4.78 is 5.39. The molecular weight excluding hydrogens is 316 g/mol. The van der Waals surface area contributed by atoms with Gasteiger partial charge in [-0.25, -0.2) is 4.98 Å². The van der Waals surface area contributed by atoms with Gasteiger partial charge >= 0.3 is 0 Å². The predicted molar refractivity (Wildman–Crippen MR) is 94.9 cm³/mol. The molecule has 0 unspecified atom stereocenters. The number of nitrogens with zero attached hydrogens (tertiary/aromatic N) is 3. The van der Waals surface area contributed by atoms with Crippen LogP contribution in [0.5, 0.6) is 0 Å². The number of nitrogens with one attached hydrogen (secondary N) is 1. The maximum absolute atomic E-state index is 12.6. The lowest BCUT2D eigenvalue weighted by Crippen LogP contribution is -2.37. The van der Waals surface area contributed by atoms with Gasteiger partial charge in [-0.05, 0) is 50.2 Å². The molecule has 0 radical (unpaired) electrons. The minimum absolute atomic E-state index is 0.00798. The van der Waals surface area contributed by atoms with E-state index in [1.807, 2.05) is 30.3 Å². The first-order valence-electron chi connectivity index (χ1n) is 8.55. The Morgan fingerprint density at radius 1 is 1.16 bits per heavy atom. The number of hydrogen-bond acceptors (Lipinski definition) is 5. The molecule has 1 aliphatic rings. The van der Waals surface area contributed by atoms with Gasteiger partial charge in [0.15, 0.2) is 5.82 Å². The molecule has 4 rings (SSSR count). The molecular formula is C19H20N4O2. The van der Waals surface area contributed by atoms with E-state index in [0.717, 1.165) is 49.1 Å². The molecule has 0 bridgehead atoms. The average molecular weight is 336 g/mol. The summed E-state index contributed by atoms with van der Waals surface area (Å²) in [5.74, 6) is 1.55. The Bertz CT molecular complexity index is 850. The average Bonchev–Trinajstić information content (AvgIpc) is 3.16. The SMILES string of the molecule is O=C(Nc1nccc2cccnc12)C1CCN(Cc2ccco2)CC1. The zero-order valence-electron chi connectivity index (χ0n) is 13.9. The lowest BCUT2D eigenvalue weighted by atomic mass is 9.96. The highest BCUT2D eigenvalue weighted by atomic mass is 16.3. The lowest BCUT2D eigenvalue weighted by molar-refractivity contribution is -0.121. The second-order valence-electron chi connectivity index (χ2n) is 6.35. The number of piperidine rings is 1. The van der Waals surface area contributed by atoms with Gasteiger partial charge in [-0.15, -0.1) is 0 Å². The fourth-order valence-corrected chi connectivity index (χ4v) is 3.29. The minimum Gasteiger partial charge on any atom is -0.468 e. The van der Waals surface area contributed by atoms with E-state index in [9.17, 15) is 4.79 Å². The zero-order chi connectivity index (χ0) is 17.1. The first kappa shape index (κ1) is 15.8. The van der Waals surface area contributed by atoms with Crippen molar-refractivity contribution in [2.45, 2.75) is 19.4 Å². The number of fused-ring (bicyclic) bond motifs is 1. The van der Waals surface area contributed by atoms with Crippen LogP contribution in [0.3, 0.4) is 0 Å². The van der Waals surface area contributed by atoms with E-state index in [-0.39, 0.29) is 11.8 Å². The van der Waals surface area contributed by atoms with Crippen molar-refractivity contribution in [2.24, 2.45) is 5.92 Å². The van der Waals surface area contributed by atoms with Crippen LogP contribution in [0.1, 0.15) is 18.6 Å². The summed E-state index contributed by atoms with van der Waals surface area (Å²) in [5.41, 5.74) is 0.730. The molecule has 4 heterocycles.